The van der Waals surface area contributed by atoms with Crippen molar-refractivity contribution in [1.29, 1.82) is 0 Å². The van der Waals surface area contributed by atoms with Crippen molar-refractivity contribution in [2.75, 3.05) is 0 Å². The van der Waals surface area contributed by atoms with Crippen LogP contribution in [0, 0.1) is 27.7 Å². The standard InChI is InChI=1S/C21H24N4O2/c1-13-6-9-19(10-7-13)25-14(2)12-18(16(25)4)8-11-20(26)22-15(3)21-23-17(5)24-27-21/h6-12,15H,1-5H3,(H,22,26)/b11-8-/t15-/m1/s1. The summed E-state index contributed by atoms with van der Waals surface area (Å²) in [5.41, 5.74) is 5.54. The Morgan fingerprint density at radius 2 is 1.89 bits per heavy atom. The Hall–Kier alpha value is -3.15. The number of carbonyl (C=O) groups is 1. The zero-order valence-electron chi connectivity index (χ0n) is 16.3. The second kappa shape index (κ2) is 7.61. The summed E-state index contributed by atoms with van der Waals surface area (Å²) < 4.78 is 7.26. The lowest BCUT2D eigenvalue weighted by Gasteiger charge is -2.10. The molecule has 0 aliphatic carbocycles. The summed E-state index contributed by atoms with van der Waals surface area (Å²) in [5.74, 6) is 0.732. The molecule has 6 nitrogen and oxygen atoms in total. The maximum atomic E-state index is 12.2. The molecular weight excluding hydrogens is 340 g/mol. The number of aryl methyl sites for hydroxylation is 3. The molecule has 1 N–H and O–H groups in total. The number of benzene rings is 1. The summed E-state index contributed by atoms with van der Waals surface area (Å²) in [6, 6.07) is 10.1. The summed E-state index contributed by atoms with van der Waals surface area (Å²) >= 11 is 0. The monoisotopic (exact) mass is 364 g/mol. The zero-order chi connectivity index (χ0) is 19.6. The van der Waals surface area contributed by atoms with Crippen molar-refractivity contribution in [3.63, 3.8) is 0 Å². The first-order valence-corrected chi connectivity index (χ1v) is 8.90. The van der Waals surface area contributed by atoms with Crippen molar-refractivity contribution in [2.24, 2.45) is 0 Å². The highest BCUT2D eigenvalue weighted by molar-refractivity contribution is 5.92. The number of nitrogens with zero attached hydrogens (tertiary/aromatic N) is 3. The summed E-state index contributed by atoms with van der Waals surface area (Å²) in [4.78, 5) is 16.4. The second-order valence-corrected chi connectivity index (χ2v) is 6.74. The van der Waals surface area contributed by atoms with Gasteiger partial charge in [-0.1, -0.05) is 22.9 Å². The number of amides is 1. The molecule has 1 atom stereocenters. The Morgan fingerprint density at radius 3 is 2.52 bits per heavy atom. The van der Waals surface area contributed by atoms with E-state index < -0.39 is 0 Å². The van der Waals surface area contributed by atoms with Gasteiger partial charge in [0.05, 0.1) is 0 Å². The third-order valence-corrected chi connectivity index (χ3v) is 4.45. The van der Waals surface area contributed by atoms with Crippen LogP contribution in [0.4, 0.5) is 0 Å². The van der Waals surface area contributed by atoms with Gasteiger partial charge in [0.25, 0.3) is 0 Å². The van der Waals surface area contributed by atoms with E-state index in [0.717, 1.165) is 22.6 Å². The quantitative estimate of drug-likeness (QED) is 0.695. The molecule has 0 unspecified atom stereocenters. The van der Waals surface area contributed by atoms with Crippen molar-refractivity contribution in [2.45, 2.75) is 40.7 Å². The molecule has 140 valence electrons. The molecule has 27 heavy (non-hydrogen) atoms. The number of hydrogen-bond acceptors (Lipinski definition) is 4. The van der Waals surface area contributed by atoms with Gasteiger partial charge in [-0.3, -0.25) is 4.79 Å². The highest BCUT2D eigenvalue weighted by Gasteiger charge is 2.14. The Balaban J connectivity index is 1.74. The van der Waals surface area contributed by atoms with E-state index in [1.54, 1.807) is 6.92 Å². The average molecular weight is 364 g/mol. The molecule has 1 aromatic carbocycles. The molecule has 0 fully saturated rings. The third kappa shape index (κ3) is 4.16. The molecule has 0 saturated carbocycles. The van der Waals surface area contributed by atoms with Gasteiger partial charge in [-0.2, -0.15) is 4.98 Å². The lowest BCUT2D eigenvalue weighted by Crippen LogP contribution is -2.24. The Bertz CT molecular complexity index is 980. The summed E-state index contributed by atoms with van der Waals surface area (Å²) in [6.45, 7) is 9.73. The molecule has 3 rings (SSSR count). The van der Waals surface area contributed by atoms with Crippen molar-refractivity contribution in [3.8, 4) is 5.69 Å². The van der Waals surface area contributed by atoms with Crippen LogP contribution in [0.1, 0.15) is 47.2 Å². The van der Waals surface area contributed by atoms with Crippen LogP contribution < -0.4 is 5.32 Å². The predicted octanol–water partition coefficient (Wildman–Crippen LogP) is 3.98. The smallest absolute Gasteiger partial charge is 0.248 e. The Labute approximate surface area is 158 Å². The van der Waals surface area contributed by atoms with Crippen LogP contribution in [0.15, 0.2) is 40.9 Å². The normalized spacial score (nSPS) is 12.5. The Morgan fingerprint density at radius 1 is 1.19 bits per heavy atom. The first-order valence-electron chi connectivity index (χ1n) is 8.90. The zero-order valence-corrected chi connectivity index (χ0v) is 16.3. The minimum absolute atomic E-state index is 0.210. The molecule has 3 aromatic rings. The van der Waals surface area contributed by atoms with Crippen LogP contribution in [-0.4, -0.2) is 20.6 Å². The van der Waals surface area contributed by atoms with E-state index in [2.05, 4.69) is 64.2 Å². The summed E-state index contributed by atoms with van der Waals surface area (Å²) in [5, 5.41) is 6.57. The summed E-state index contributed by atoms with van der Waals surface area (Å²) in [7, 11) is 0. The minimum atomic E-state index is -0.344. The van der Waals surface area contributed by atoms with Gasteiger partial charge in [0.2, 0.25) is 11.8 Å². The number of carbonyl (C=O) groups excluding carboxylic acids is 1. The van der Waals surface area contributed by atoms with Crippen LogP contribution in [0.2, 0.25) is 0 Å². The molecule has 1 amide bonds. The number of rotatable bonds is 5. The molecule has 0 aliphatic rings. The first kappa shape index (κ1) is 18.6. The minimum Gasteiger partial charge on any atom is -0.341 e. The van der Waals surface area contributed by atoms with Crippen LogP contribution >= 0.6 is 0 Å². The van der Waals surface area contributed by atoms with Crippen molar-refractivity contribution in [1.82, 2.24) is 20.0 Å². The Kier molecular flexibility index (Phi) is 5.26. The average Bonchev–Trinajstić information content (AvgIpc) is 3.17. The third-order valence-electron chi connectivity index (χ3n) is 4.45. The van der Waals surface area contributed by atoms with Crippen molar-refractivity contribution >= 4 is 12.0 Å². The van der Waals surface area contributed by atoms with Gasteiger partial charge in [-0.05, 0) is 64.5 Å². The molecule has 0 bridgehead atoms. The van der Waals surface area contributed by atoms with Crippen molar-refractivity contribution in [3.05, 3.63) is 70.6 Å². The van der Waals surface area contributed by atoms with Gasteiger partial charge in [0, 0.05) is 23.2 Å². The van der Waals surface area contributed by atoms with Gasteiger partial charge >= 0.3 is 0 Å². The van der Waals surface area contributed by atoms with Gasteiger partial charge in [-0.25, -0.2) is 0 Å². The van der Waals surface area contributed by atoms with Crippen LogP contribution in [0.5, 0.6) is 0 Å². The largest absolute Gasteiger partial charge is 0.341 e. The van der Waals surface area contributed by atoms with E-state index in [4.69, 9.17) is 4.52 Å². The lowest BCUT2D eigenvalue weighted by atomic mass is 10.2. The van der Waals surface area contributed by atoms with Gasteiger partial charge < -0.3 is 14.4 Å². The molecular formula is C21H24N4O2. The molecule has 0 aliphatic heterocycles. The van der Waals surface area contributed by atoms with Gasteiger partial charge in [0.1, 0.15) is 6.04 Å². The molecule has 0 radical (unpaired) electrons. The van der Waals surface area contributed by atoms with E-state index in [1.807, 2.05) is 19.9 Å². The second-order valence-electron chi connectivity index (χ2n) is 6.74. The maximum Gasteiger partial charge on any atom is 0.248 e. The molecule has 0 spiro atoms. The fourth-order valence-electron chi connectivity index (χ4n) is 3.03. The first-order chi connectivity index (χ1) is 12.8. The SMILES string of the molecule is Cc1ccc(-n2c(C)cc(/C=C\C(=O)N[C@H](C)c3nc(C)no3)c2C)cc1. The van der Waals surface area contributed by atoms with E-state index in [9.17, 15) is 4.79 Å². The van der Waals surface area contributed by atoms with E-state index >= 15 is 0 Å². The molecule has 2 aromatic heterocycles. The summed E-state index contributed by atoms with van der Waals surface area (Å²) in [6.07, 6.45) is 3.36. The number of aromatic nitrogens is 3. The van der Waals surface area contributed by atoms with Gasteiger partial charge in [-0.15, -0.1) is 0 Å². The predicted molar refractivity (Wildman–Crippen MR) is 105 cm³/mol. The molecule has 2 heterocycles. The number of hydrogen-bond donors (Lipinski definition) is 1. The fourth-order valence-corrected chi connectivity index (χ4v) is 3.03. The van der Waals surface area contributed by atoms with Crippen LogP contribution in [0.3, 0.4) is 0 Å². The fraction of sp³-hybridized carbons (Fsp3) is 0.286. The van der Waals surface area contributed by atoms with E-state index in [-0.39, 0.29) is 11.9 Å². The van der Waals surface area contributed by atoms with Crippen molar-refractivity contribution < 1.29 is 9.32 Å². The maximum absolute atomic E-state index is 12.2. The van der Waals surface area contributed by atoms with Gasteiger partial charge in [0.15, 0.2) is 5.82 Å². The molecule has 0 saturated heterocycles. The molecule has 6 heteroatoms. The lowest BCUT2D eigenvalue weighted by molar-refractivity contribution is -0.117. The highest BCUT2D eigenvalue weighted by Crippen LogP contribution is 2.22. The van der Waals surface area contributed by atoms with Crippen LogP contribution in [0.25, 0.3) is 11.8 Å². The highest BCUT2D eigenvalue weighted by atomic mass is 16.5. The topological polar surface area (TPSA) is 73.0 Å². The van der Waals surface area contributed by atoms with E-state index in [1.165, 1.54) is 11.6 Å². The number of nitrogens with one attached hydrogen (secondary N) is 1. The van der Waals surface area contributed by atoms with Crippen LogP contribution in [-0.2, 0) is 4.79 Å². The van der Waals surface area contributed by atoms with E-state index in [0.29, 0.717) is 11.7 Å².